The number of carbonyl (C=O) groups is 3. The van der Waals surface area contributed by atoms with E-state index >= 15 is 0 Å². The number of aryl methyl sites for hydroxylation is 1. The van der Waals surface area contributed by atoms with Gasteiger partial charge >= 0.3 is 5.97 Å². The van der Waals surface area contributed by atoms with E-state index in [-0.39, 0.29) is 11.3 Å². The zero-order valence-corrected chi connectivity index (χ0v) is 20.2. The molecule has 0 aromatic heterocycles. The summed E-state index contributed by atoms with van der Waals surface area (Å²) in [5.41, 5.74) is 2.56. The largest absolute Gasteiger partial charge is 0.507 e. The standard InChI is InChI=1S/C27H32N2O5/c1-5-28(6-2)16-7-17-29-23(19-12-14-21(15-13-19)27(33)34-4)22(25(31)26(29)32)24(30)20-10-8-18(3)9-11-20/h8-15,23,30H,5-7,16-17H2,1-4H3/b24-22+. The van der Waals surface area contributed by atoms with E-state index in [4.69, 9.17) is 4.74 Å². The number of ketones is 1. The van der Waals surface area contributed by atoms with Crippen LogP contribution in [0.1, 0.15) is 53.4 Å². The summed E-state index contributed by atoms with van der Waals surface area (Å²) in [5, 5.41) is 11.1. The summed E-state index contributed by atoms with van der Waals surface area (Å²) in [6, 6.07) is 13.0. The number of Topliss-reactive ketones (excluding diaryl/α,β-unsaturated/α-hetero) is 1. The van der Waals surface area contributed by atoms with Crippen LogP contribution in [0.5, 0.6) is 0 Å². The first-order chi connectivity index (χ1) is 16.3. The van der Waals surface area contributed by atoms with Gasteiger partial charge in [0.2, 0.25) is 0 Å². The van der Waals surface area contributed by atoms with E-state index in [1.807, 2.05) is 19.1 Å². The molecule has 1 aliphatic heterocycles. The van der Waals surface area contributed by atoms with Crippen molar-refractivity contribution in [3.63, 3.8) is 0 Å². The number of likely N-dealkylation sites (tertiary alicyclic amines) is 1. The third-order valence-electron chi connectivity index (χ3n) is 6.28. The number of aliphatic hydroxyl groups excluding tert-OH is 1. The molecule has 0 radical (unpaired) electrons. The first kappa shape index (κ1) is 25.2. The maximum absolute atomic E-state index is 13.1. The van der Waals surface area contributed by atoms with Gasteiger partial charge in [0.25, 0.3) is 11.7 Å². The van der Waals surface area contributed by atoms with Gasteiger partial charge in [0.05, 0.1) is 24.3 Å². The highest BCUT2D eigenvalue weighted by molar-refractivity contribution is 6.46. The normalized spacial score (nSPS) is 17.4. The second-order valence-electron chi connectivity index (χ2n) is 8.35. The second kappa shape index (κ2) is 11.1. The maximum Gasteiger partial charge on any atom is 0.337 e. The summed E-state index contributed by atoms with van der Waals surface area (Å²) >= 11 is 0. The molecule has 1 fully saturated rings. The van der Waals surface area contributed by atoms with Crippen molar-refractivity contribution in [2.24, 2.45) is 0 Å². The Morgan fingerprint density at radius 3 is 2.15 bits per heavy atom. The number of aliphatic hydroxyl groups is 1. The quantitative estimate of drug-likeness (QED) is 0.262. The minimum absolute atomic E-state index is 0.0579. The zero-order chi connectivity index (χ0) is 24.8. The highest BCUT2D eigenvalue weighted by atomic mass is 16.5. The Morgan fingerprint density at radius 2 is 1.59 bits per heavy atom. The molecular weight excluding hydrogens is 432 g/mol. The molecule has 7 nitrogen and oxygen atoms in total. The highest BCUT2D eigenvalue weighted by Gasteiger charge is 2.45. The average molecular weight is 465 g/mol. The summed E-state index contributed by atoms with van der Waals surface area (Å²) in [5.74, 6) is -2.01. The topological polar surface area (TPSA) is 87.2 Å². The molecule has 1 amide bonds. The average Bonchev–Trinajstić information content (AvgIpc) is 3.11. The van der Waals surface area contributed by atoms with Crippen LogP contribution < -0.4 is 0 Å². The third-order valence-corrected chi connectivity index (χ3v) is 6.28. The monoisotopic (exact) mass is 464 g/mol. The molecule has 2 aromatic carbocycles. The molecular formula is C27H32N2O5. The van der Waals surface area contributed by atoms with Crippen molar-refractivity contribution in [2.75, 3.05) is 33.3 Å². The van der Waals surface area contributed by atoms with E-state index in [0.717, 1.165) is 25.2 Å². The van der Waals surface area contributed by atoms with Gasteiger partial charge in [0.15, 0.2) is 0 Å². The van der Waals surface area contributed by atoms with Crippen LogP contribution in [0.15, 0.2) is 54.1 Å². The van der Waals surface area contributed by atoms with E-state index < -0.39 is 23.7 Å². The maximum atomic E-state index is 13.1. The first-order valence-electron chi connectivity index (χ1n) is 11.6. The molecule has 0 bridgehead atoms. The smallest absolute Gasteiger partial charge is 0.337 e. The van der Waals surface area contributed by atoms with Gasteiger partial charge < -0.3 is 19.6 Å². The molecule has 2 aromatic rings. The molecule has 1 heterocycles. The van der Waals surface area contributed by atoms with Crippen molar-refractivity contribution in [3.05, 3.63) is 76.4 Å². The van der Waals surface area contributed by atoms with Gasteiger partial charge in [0, 0.05) is 12.1 Å². The fourth-order valence-electron chi connectivity index (χ4n) is 4.25. The zero-order valence-electron chi connectivity index (χ0n) is 20.2. The van der Waals surface area contributed by atoms with Crippen LogP contribution in [0.25, 0.3) is 5.76 Å². The number of amides is 1. The number of benzene rings is 2. The number of ether oxygens (including phenoxy) is 1. The fourth-order valence-corrected chi connectivity index (χ4v) is 4.25. The van der Waals surface area contributed by atoms with E-state index in [9.17, 15) is 19.5 Å². The molecule has 1 saturated heterocycles. The number of rotatable bonds is 9. The first-order valence-corrected chi connectivity index (χ1v) is 11.6. The van der Waals surface area contributed by atoms with Crippen LogP contribution in [-0.4, -0.2) is 65.9 Å². The number of nitrogens with zero attached hydrogens (tertiary/aromatic N) is 2. The fraction of sp³-hybridized carbons (Fsp3) is 0.370. The molecule has 3 rings (SSSR count). The predicted octanol–water partition coefficient (Wildman–Crippen LogP) is 3.94. The lowest BCUT2D eigenvalue weighted by Crippen LogP contribution is -2.33. The van der Waals surface area contributed by atoms with Gasteiger partial charge in [-0.05, 0) is 50.7 Å². The third kappa shape index (κ3) is 5.20. The summed E-state index contributed by atoms with van der Waals surface area (Å²) in [4.78, 5) is 41.8. The molecule has 0 spiro atoms. The van der Waals surface area contributed by atoms with Gasteiger partial charge in [-0.3, -0.25) is 9.59 Å². The minimum Gasteiger partial charge on any atom is -0.507 e. The molecule has 7 heteroatoms. The van der Waals surface area contributed by atoms with Crippen molar-refractivity contribution in [2.45, 2.75) is 33.2 Å². The minimum atomic E-state index is -0.746. The van der Waals surface area contributed by atoms with Gasteiger partial charge in [-0.15, -0.1) is 0 Å². The summed E-state index contributed by atoms with van der Waals surface area (Å²) < 4.78 is 4.77. The summed E-state index contributed by atoms with van der Waals surface area (Å²) in [6.07, 6.45) is 0.690. The van der Waals surface area contributed by atoms with Crippen molar-refractivity contribution in [3.8, 4) is 0 Å². The lowest BCUT2D eigenvalue weighted by Gasteiger charge is -2.27. The number of hydrogen-bond donors (Lipinski definition) is 1. The van der Waals surface area contributed by atoms with Crippen molar-refractivity contribution < 1.29 is 24.2 Å². The Kier molecular flexibility index (Phi) is 8.23. The Hall–Kier alpha value is -3.45. The predicted molar refractivity (Wildman–Crippen MR) is 130 cm³/mol. The van der Waals surface area contributed by atoms with Gasteiger partial charge in [0.1, 0.15) is 5.76 Å². The Balaban J connectivity index is 2.03. The SMILES string of the molecule is CCN(CC)CCCN1C(=O)C(=O)/C(=C(/O)c2ccc(C)cc2)C1c1ccc(C(=O)OC)cc1. The lowest BCUT2D eigenvalue weighted by atomic mass is 9.94. The van der Waals surface area contributed by atoms with Crippen LogP contribution in [0.3, 0.4) is 0 Å². The molecule has 1 unspecified atom stereocenters. The lowest BCUT2D eigenvalue weighted by molar-refractivity contribution is -0.140. The van der Waals surface area contributed by atoms with E-state index in [1.54, 1.807) is 36.4 Å². The van der Waals surface area contributed by atoms with Crippen LogP contribution in [-0.2, 0) is 14.3 Å². The van der Waals surface area contributed by atoms with Crippen molar-refractivity contribution in [1.29, 1.82) is 0 Å². The van der Waals surface area contributed by atoms with Gasteiger partial charge in [-0.2, -0.15) is 0 Å². The van der Waals surface area contributed by atoms with Crippen LogP contribution >= 0.6 is 0 Å². The molecule has 1 N–H and O–H groups in total. The molecule has 0 aliphatic carbocycles. The molecule has 180 valence electrons. The van der Waals surface area contributed by atoms with Crippen LogP contribution in [0, 0.1) is 6.92 Å². The molecule has 1 aliphatic rings. The van der Waals surface area contributed by atoms with E-state index in [1.165, 1.54) is 12.0 Å². The number of esters is 1. The van der Waals surface area contributed by atoms with Gasteiger partial charge in [-0.1, -0.05) is 55.8 Å². The van der Waals surface area contributed by atoms with E-state index in [2.05, 4.69) is 18.7 Å². The Morgan fingerprint density at radius 1 is 1.00 bits per heavy atom. The second-order valence-corrected chi connectivity index (χ2v) is 8.35. The van der Waals surface area contributed by atoms with Gasteiger partial charge in [-0.25, -0.2) is 4.79 Å². The number of carbonyl (C=O) groups excluding carboxylic acids is 3. The molecule has 34 heavy (non-hydrogen) atoms. The van der Waals surface area contributed by atoms with Crippen molar-refractivity contribution >= 4 is 23.4 Å². The van der Waals surface area contributed by atoms with Crippen LogP contribution in [0.4, 0.5) is 0 Å². The molecule has 0 saturated carbocycles. The summed E-state index contributed by atoms with van der Waals surface area (Å²) in [7, 11) is 1.31. The summed E-state index contributed by atoms with van der Waals surface area (Å²) in [6.45, 7) is 9.07. The van der Waals surface area contributed by atoms with Crippen molar-refractivity contribution in [1.82, 2.24) is 9.80 Å². The molecule has 1 atom stereocenters. The number of methoxy groups -OCH3 is 1. The Labute approximate surface area is 200 Å². The van der Waals surface area contributed by atoms with E-state index in [0.29, 0.717) is 29.7 Å². The van der Waals surface area contributed by atoms with Crippen LogP contribution in [0.2, 0.25) is 0 Å². The highest BCUT2D eigenvalue weighted by Crippen LogP contribution is 2.39. The Bertz CT molecular complexity index is 1070. The number of hydrogen-bond acceptors (Lipinski definition) is 6.